The monoisotopic (exact) mass is 404 g/mol. The van der Waals surface area contributed by atoms with E-state index in [1.807, 2.05) is 44.2 Å². The van der Waals surface area contributed by atoms with Crippen LogP contribution in [0.2, 0.25) is 0 Å². The van der Waals surface area contributed by atoms with Gasteiger partial charge in [-0.2, -0.15) is 5.10 Å². The molecule has 1 aromatic heterocycles. The smallest absolute Gasteiger partial charge is 0.267 e. The normalized spacial score (nSPS) is 11.6. The second kappa shape index (κ2) is 8.73. The van der Waals surface area contributed by atoms with Crippen LogP contribution < -0.4 is 16.2 Å². The van der Waals surface area contributed by atoms with Crippen molar-refractivity contribution in [1.29, 1.82) is 0 Å². The Morgan fingerprint density at radius 2 is 1.77 bits per heavy atom. The van der Waals surface area contributed by atoms with Gasteiger partial charge in [0, 0.05) is 29.9 Å². The number of carbonyl (C=O) groups excluding carboxylic acids is 2. The lowest BCUT2D eigenvalue weighted by Gasteiger charge is -2.16. The molecule has 1 unspecified atom stereocenters. The van der Waals surface area contributed by atoms with E-state index in [0.717, 1.165) is 16.7 Å². The number of anilines is 2. The maximum absolute atomic E-state index is 12.7. The Hall–Kier alpha value is -3.74. The molecule has 0 bridgehead atoms. The summed E-state index contributed by atoms with van der Waals surface area (Å²) in [6, 6.07) is 15.1. The summed E-state index contributed by atoms with van der Waals surface area (Å²) in [5.74, 6) is -0.509. The fourth-order valence-electron chi connectivity index (χ4n) is 3.04. The van der Waals surface area contributed by atoms with Gasteiger partial charge >= 0.3 is 0 Å². The highest BCUT2D eigenvalue weighted by molar-refractivity contribution is 5.93. The van der Waals surface area contributed by atoms with E-state index in [0.29, 0.717) is 17.1 Å². The predicted molar refractivity (Wildman–Crippen MR) is 117 cm³/mol. The molecule has 7 nitrogen and oxygen atoms in total. The van der Waals surface area contributed by atoms with Gasteiger partial charge in [-0.1, -0.05) is 24.3 Å². The van der Waals surface area contributed by atoms with Gasteiger partial charge in [-0.3, -0.25) is 14.4 Å². The van der Waals surface area contributed by atoms with Crippen molar-refractivity contribution in [3.05, 3.63) is 76.1 Å². The molecule has 2 aromatic carbocycles. The van der Waals surface area contributed by atoms with Crippen molar-refractivity contribution in [2.24, 2.45) is 0 Å². The molecule has 0 saturated heterocycles. The van der Waals surface area contributed by atoms with Crippen LogP contribution in [-0.4, -0.2) is 21.6 Å². The highest BCUT2D eigenvalue weighted by atomic mass is 16.2. The van der Waals surface area contributed by atoms with E-state index in [9.17, 15) is 14.4 Å². The van der Waals surface area contributed by atoms with E-state index in [1.165, 1.54) is 17.7 Å². The third-order valence-electron chi connectivity index (χ3n) is 4.70. The Morgan fingerprint density at radius 3 is 2.47 bits per heavy atom. The van der Waals surface area contributed by atoms with E-state index in [2.05, 4.69) is 15.7 Å². The van der Waals surface area contributed by atoms with Crippen molar-refractivity contribution in [3.8, 4) is 11.3 Å². The molecule has 0 aliphatic rings. The van der Waals surface area contributed by atoms with Crippen LogP contribution in [0.15, 0.2) is 59.4 Å². The van der Waals surface area contributed by atoms with Crippen LogP contribution in [0.3, 0.4) is 0 Å². The minimum atomic E-state index is -0.807. The third-order valence-corrected chi connectivity index (χ3v) is 4.70. The molecule has 1 heterocycles. The molecule has 0 saturated carbocycles. The minimum absolute atomic E-state index is 0.172. The lowest BCUT2D eigenvalue weighted by molar-refractivity contribution is -0.119. The molecule has 3 rings (SSSR count). The average molecular weight is 404 g/mol. The van der Waals surface area contributed by atoms with Gasteiger partial charge in [-0.05, 0) is 56.2 Å². The lowest BCUT2D eigenvalue weighted by Crippen LogP contribution is -2.33. The fourth-order valence-corrected chi connectivity index (χ4v) is 3.04. The highest BCUT2D eigenvalue weighted by Gasteiger charge is 2.18. The number of nitrogens with zero attached hydrogens (tertiary/aromatic N) is 2. The van der Waals surface area contributed by atoms with Crippen LogP contribution in [0.25, 0.3) is 11.3 Å². The molecule has 30 heavy (non-hydrogen) atoms. The quantitative estimate of drug-likeness (QED) is 0.678. The summed E-state index contributed by atoms with van der Waals surface area (Å²) in [6.45, 7) is 6.90. The summed E-state index contributed by atoms with van der Waals surface area (Å²) in [5.41, 5.74) is 4.14. The zero-order chi connectivity index (χ0) is 21.8. The third kappa shape index (κ3) is 4.81. The zero-order valence-electron chi connectivity index (χ0n) is 17.4. The number of rotatable bonds is 5. The number of benzene rings is 2. The average Bonchev–Trinajstić information content (AvgIpc) is 2.69. The number of amides is 2. The van der Waals surface area contributed by atoms with Gasteiger partial charge < -0.3 is 10.6 Å². The van der Waals surface area contributed by atoms with Gasteiger partial charge in [-0.15, -0.1) is 0 Å². The molecule has 2 amide bonds. The van der Waals surface area contributed by atoms with E-state index in [4.69, 9.17) is 0 Å². The van der Waals surface area contributed by atoms with Crippen molar-refractivity contribution in [3.63, 3.8) is 0 Å². The maximum atomic E-state index is 12.7. The summed E-state index contributed by atoms with van der Waals surface area (Å²) in [4.78, 5) is 36.5. The molecule has 0 fully saturated rings. The topological polar surface area (TPSA) is 93.1 Å². The van der Waals surface area contributed by atoms with E-state index in [-0.39, 0.29) is 17.4 Å². The first-order chi connectivity index (χ1) is 14.2. The summed E-state index contributed by atoms with van der Waals surface area (Å²) < 4.78 is 1.17. The van der Waals surface area contributed by atoms with Crippen LogP contribution in [-0.2, 0) is 9.59 Å². The standard InChI is InChI=1S/C23H24N4O3/c1-14-6-5-7-19(12-14)25-23(30)16(3)27-22(29)11-10-20(26-27)18-9-8-15(2)21(13-18)24-17(4)28/h5-13,16H,1-4H3,(H,24,28)(H,25,30). The molecule has 0 aliphatic carbocycles. The molecule has 0 radical (unpaired) electrons. The Morgan fingerprint density at radius 1 is 1.00 bits per heavy atom. The number of aryl methyl sites for hydroxylation is 2. The fraction of sp³-hybridized carbons (Fsp3) is 0.217. The molecule has 0 spiro atoms. The number of nitrogens with one attached hydrogen (secondary N) is 2. The van der Waals surface area contributed by atoms with E-state index in [1.54, 1.807) is 25.1 Å². The van der Waals surface area contributed by atoms with Gasteiger partial charge in [0.25, 0.3) is 5.56 Å². The predicted octanol–water partition coefficient (Wildman–Crippen LogP) is 3.69. The molecular weight excluding hydrogens is 380 g/mol. The zero-order valence-corrected chi connectivity index (χ0v) is 17.4. The summed E-state index contributed by atoms with van der Waals surface area (Å²) >= 11 is 0. The second-order valence-corrected chi connectivity index (χ2v) is 7.25. The van der Waals surface area contributed by atoms with Crippen molar-refractivity contribution in [2.45, 2.75) is 33.7 Å². The molecule has 3 aromatic rings. The second-order valence-electron chi connectivity index (χ2n) is 7.25. The molecule has 1 atom stereocenters. The van der Waals surface area contributed by atoms with Gasteiger partial charge in [0.05, 0.1) is 5.69 Å². The number of hydrogen-bond donors (Lipinski definition) is 2. The molecule has 7 heteroatoms. The number of aromatic nitrogens is 2. The van der Waals surface area contributed by atoms with Crippen LogP contribution in [0.4, 0.5) is 11.4 Å². The SMILES string of the molecule is CC(=O)Nc1cc(-c2ccc(=O)n(C(C)C(=O)Nc3cccc(C)c3)n2)ccc1C. The first kappa shape index (κ1) is 21.0. The molecule has 154 valence electrons. The first-order valence-corrected chi connectivity index (χ1v) is 9.60. The van der Waals surface area contributed by atoms with E-state index < -0.39 is 6.04 Å². The van der Waals surface area contributed by atoms with Gasteiger partial charge in [0.1, 0.15) is 6.04 Å². The van der Waals surface area contributed by atoms with E-state index >= 15 is 0 Å². The molecule has 0 aliphatic heterocycles. The van der Waals surface area contributed by atoms with Crippen LogP contribution in [0.1, 0.15) is 31.0 Å². The van der Waals surface area contributed by atoms with Gasteiger partial charge in [-0.25, -0.2) is 4.68 Å². The summed E-state index contributed by atoms with van der Waals surface area (Å²) in [7, 11) is 0. The van der Waals surface area contributed by atoms with Gasteiger partial charge in [0.15, 0.2) is 0 Å². The lowest BCUT2D eigenvalue weighted by atomic mass is 10.1. The van der Waals surface area contributed by atoms with Crippen molar-refractivity contribution >= 4 is 23.2 Å². The van der Waals surface area contributed by atoms with Crippen molar-refractivity contribution < 1.29 is 9.59 Å². The van der Waals surface area contributed by atoms with Crippen molar-refractivity contribution in [1.82, 2.24) is 9.78 Å². The first-order valence-electron chi connectivity index (χ1n) is 9.60. The Labute approximate surface area is 174 Å². The minimum Gasteiger partial charge on any atom is -0.326 e. The Kier molecular flexibility index (Phi) is 6.11. The van der Waals surface area contributed by atoms with Crippen LogP contribution >= 0.6 is 0 Å². The molecular formula is C23H24N4O3. The highest BCUT2D eigenvalue weighted by Crippen LogP contribution is 2.24. The van der Waals surface area contributed by atoms with Crippen LogP contribution in [0, 0.1) is 13.8 Å². The van der Waals surface area contributed by atoms with Crippen molar-refractivity contribution in [2.75, 3.05) is 10.6 Å². The Bertz CT molecular complexity index is 1170. The summed E-state index contributed by atoms with van der Waals surface area (Å²) in [6.07, 6.45) is 0. The van der Waals surface area contributed by atoms with Crippen LogP contribution in [0.5, 0.6) is 0 Å². The maximum Gasteiger partial charge on any atom is 0.267 e. The summed E-state index contributed by atoms with van der Waals surface area (Å²) in [5, 5.41) is 10.0. The largest absolute Gasteiger partial charge is 0.326 e. The number of carbonyl (C=O) groups is 2. The van der Waals surface area contributed by atoms with Gasteiger partial charge in [0.2, 0.25) is 11.8 Å². The molecule has 2 N–H and O–H groups in total. The Balaban J connectivity index is 1.90. The number of hydrogen-bond acceptors (Lipinski definition) is 4.